The number of aliphatic hydroxyl groups is 1. The Morgan fingerprint density at radius 1 is 1.35 bits per heavy atom. The van der Waals surface area contributed by atoms with Crippen molar-refractivity contribution in [2.45, 2.75) is 42.4 Å². The Bertz CT molecular complexity index is 400. The molecule has 1 N–H and O–H groups in total. The van der Waals surface area contributed by atoms with E-state index >= 15 is 0 Å². The maximum atomic E-state index is 12.0. The average Bonchev–Trinajstić information content (AvgIpc) is 2.24. The van der Waals surface area contributed by atoms with Gasteiger partial charge in [0, 0.05) is 11.3 Å². The zero-order valence-electron chi connectivity index (χ0n) is 10.2. The summed E-state index contributed by atoms with van der Waals surface area (Å²) in [5, 5.41) is 10.1. The Kier molecular flexibility index (Phi) is 3.59. The van der Waals surface area contributed by atoms with Crippen LogP contribution in [-0.4, -0.2) is 21.7 Å². The highest BCUT2D eigenvalue weighted by Crippen LogP contribution is 2.39. The van der Waals surface area contributed by atoms with E-state index < -0.39 is 5.60 Å². The van der Waals surface area contributed by atoms with Gasteiger partial charge in [-0.25, -0.2) is 0 Å². The van der Waals surface area contributed by atoms with Crippen molar-refractivity contribution in [3.8, 4) is 0 Å². The van der Waals surface area contributed by atoms with Gasteiger partial charge in [-0.1, -0.05) is 25.1 Å². The van der Waals surface area contributed by atoms with E-state index in [4.69, 9.17) is 0 Å². The van der Waals surface area contributed by atoms with Crippen LogP contribution in [0.4, 0.5) is 0 Å². The minimum atomic E-state index is -0.894. The predicted octanol–water partition coefficient (Wildman–Crippen LogP) is 2.90. The largest absolute Gasteiger partial charge is 0.389 e. The number of Topliss-reactive ketones (excluding diaryl/α,β-unsaturated/α-hetero) is 1. The molecule has 2 rings (SSSR count). The number of benzene rings is 1. The van der Waals surface area contributed by atoms with Crippen molar-refractivity contribution in [3.05, 3.63) is 30.3 Å². The van der Waals surface area contributed by atoms with E-state index in [1.165, 1.54) is 11.8 Å². The van der Waals surface area contributed by atoms with Crippen LogP contribution in [0.2, 0.25) is 0 Å². The first-order valence-corrected chi connectivity index (χ1v) is 6.84. The summed E-state index contributed by atoms with van der Waals surface area (Å²) in [6, 6.07) is 9.81. The van der Waals surface area contributed by atoms with Gasteiger partial charge in [-0.15, -0.1) is 11.8 Å². The van der Waals surface area contributed by atoms with Crippen LogP contribution in [0.15, 0.2) is 35.2 Å². The number of ketones is 1. The Labute approximate surface area is 106 Å². The topological polar surface area (TPSA) is 37.3 Å². The van der Waals surface area contributed by atoms with Gasteiger partial charge in [0.25, 0.3) is 0 Å². The minimum Gasteiger partial charge on any atom is -0.389 e. The summed E-state index contributed by atoms with van der Waals surface area (Å²) < 4.78 is 0. The number of hydrogen-bond donors (Lipinski definition) is 1. The molecule has 0 spiro atoms. The van der Waals surface area contributed by atoms with Crippen molar-refractivity contribution in [2.75, 3.05) is 0 Å². The zero-order valence-corrected chi connectivity index (χ0v) is 11.0. The van der Waals surface area contributed by atoms with Gasteiger partial charge in [-0.2, -0.15) is 0 Å². The first-order valence-electron chi connectivity index (χ1n) is 5.96. The van der Waals surface area contributed by atoms with Gasteiger partial charge in [-0.05, 0) is 31.4 Å². The lowest BCUT2D eigenvalue weighted by atomic mass is 9.79. The van der Waals surface area contributed by atoms with Gasteiger partial charge >= 0.3 is 0 Å². The van der Waals surface area contributed by atoms with Crippen LogP contribution >= 0.6 is 11.8 Å². The summed E-state index contributed by atoms with van der Waals surface area (Å²) >= 11 is 1.48. The molecule has 1 aromatic rings. The predicted molar refractivity (Wildman–Crippen MR) is 70.1 cm³/mol. The summed E-state index contributed by atoms with van der Waals surface area (Å²) in [5.41, 5.74) is -0.894. The third kappa shape index (κ3) is 2.90. The van der Waals surface area contributed by atoms with Crippen molar-refractivity contribution in [2.24, 2.45) is 5.92 Å². The van der Waals surface area contributed by atoms with Gasteiger partial charge in [-0.3, -0.25) is 4.79 Å². The average molecular weight is 250 g/mol. The standard InChI is InChI=1S/C14H18O2S/c1-10-8-12(15)13(14(2,16)9-10)17-11-6-4-3-5-7-11/h3-7,10,13,16H,8-9H2,1-2H3/t10-,13+,14+/m0/s1. The highest BCUT2D eigenvalue weighted by Gasteiger charge is 2.43. The van der Waals surface area contributed by atoms with E-state index in [1.54, 1.807) is 6.92 Å². The van der Waals surface area contributed by atoms with E-state index in [1.807, 2.05) is 37.3 Å². The molecule has 1 saturated carbocycles. The van der Waals surface area contributed by atoms with Gasteiger partial charge < -0.3 is 5.11 Å². The molecule has 92 valence electrons. The summed E-state index contributed by atoms with van der Waals surface area (Å²) in [6.45, 7) is 3.80. The highest BCUT2D eigenvalue weighted by molar-refractivity contribution is 8.00. The molecule has 0 saturated heterocycles. The van der Waals surface area contributed by atoms with E-state index in [0.29, 0.717) is 12.8 Å². The molecule has 3 atom stereocenters. The van der Waals surface area contributed by atoms with Gasteiger partial charge in [0.1, 0.15) is 5.78 Å². The SMILES string of the molecule is C[C@H]1CC(=O)[C@@H](Sc2ccccc2)[C@](C)(O)C1. The normalized spacial score (nSPS) is 33.7. The molecule has 3 heteroatoms. The molecule has 0 aromatic heterocycles. The third-order valence-corrected chi connectivity index (χ3v) is 4.72. The number of rotatable bonds is 2. The van der Waals surface area contributed by atoms with Crippen molar-refractivity contribution in [1.82, 2.24) is 0 Å². The fourth-order valence-electron chi connectivity index (χ4n) is 2.51. The molecule has 17 heavy (non-hydrogen) atoms. The van der Waals surface area contributed by atoms with Crippen LogP contribution in [0.5, 0.6) is 0 Å². The second kappa shape index (κ2) is 4.83. The molecule has 2 nitrogen and oxygen atoms in total. The molecule has 0 bridgehead atoms. The van der Waals surface area contributed by atoms with Crippen LogP contribution in [0.1, 0.15) is 26.7 Å². The Morgan fingerprint density at radius 2 is 2.00 bits per heavy atom. The molecule has 0 heterocycles. The summed E-state index contributed by atoms with van der Waals surface area (Å²) in [7, 11) is 0. The van der Waals surface area contributed by atoms with Crippen LogP contribution in [0.25, 0.3) is 0 Å². The number of hydrogen-bond acceptors (Lipinski definition) is 3. The van der Waals surface area contributed by atoms with Crippen molar-refractivity contribution >= 4 is 17.5 Å². The lowest BCUT2D eigenvalue weighted by Crippen LogP contribution is -2.48. The molecule has 1 aliphatic carbocycles. The number of carbonyl (C=O) groups is 1. The van der Waals surface area contributed by atoms with E-state index in [9.17, 15) is 9.90 Å². The smallest absolute Gasteiger partial charge is 0.149 e. The highest BCUT2D eigenvalue weighted by atomic mass is 32.2. The van der Waals surface area contributed by atoms with Crippen molar-refractivity contribution < 1.29 is 9.90 Å². The lowest BCUT2D eigenvalue weighted by molar-refractivity contribution is -0.127. The number of thioether (sulfide) groups is 1. The van der Waals surface area contributed by atoms with Crippen LogP contribution in [0, 0.1) is 5.92 Å². The summed E-state index contributed by atoms with van der Waals surface area (Å²) in [5.74, 6) is 0.452. The van der Waals surface area contributed by atoms with Crippen molar-refractivity contribution in [3.63, 3.8) is 0 Å². The summed E-state index contributed by atoms with van der Waals surface area (Å²) in [4.78, 5) is 13.1. The second-order valence-electron chi connectivity index (χ2n) is 5.15. The monoisotopic (exact) mass is 250 g/mol. The Hall–Kier alpha value is -0.800. The molecule has 0 amide bonds. The quantitative estimate of drug-likeness (QED) is 0.877. The fraction of sp³-hybridized carbons (Fsp3) is 0.500. The molecule has 0 unspecified atom stereocenters. The van der Waals surface area contributed by atoms with Crippen LogP contribution in [0.3, 0.4) is 0 Å². The second-order valence-corrected chi connectivity index (χ2v) is 6.33. The molecule has 0 radical (unpaired) electrons. The third-order valence-electron chi connectivity index (χ3n) is 3.17. The summed E-state index contributed by atoms with van der Waals surface area (Å²) in [6.07, 6.45) is 1.28. The molecule has 1 aromatic carbocycles. The van der Waals surface area contributed by atoms with E-state index in [2.05, 4.69) is 0 Å². The zero-order chi connectivity index (χ0) is 12.5. The first-order chi connectivity index (χ1) is 7.99. The molecular formula is C14H18O2S. The Balaban J connectivity index is 2.16. The van der Waals surface area contributed by atoms with Gasteiger partial charge in [0.2, 0.25) is 0 Å². The fourth-order valence-corrected chi connectivity index (χ4v) is 3.67. The molecule has 1 fully saturated rings. The lowest BCUT2D eigenvalue weighted by Gasteiger charge is -2.38. The van der Waals surface area contributed by atoms with Gasteiger partial charge in [0.15, 0.2) is 0 Å². The maximum absolute atomic E-state index is 12.0. The van der Waals surface area contributed by atoms with E-state index in [-0.39, 0.29) is 17.0 Å². The van der Waals surface area contributed by atoms with Gasteiger partial charge in [0.05, 0.1) is 10.9 Å². The Morgan fingerprint density at radius 3 is 2.59 bits per heavy atom. The first kappa shape index (κ1) is 12.7. The maximum Gasteiger partial charge on any atom is 0.149 e. The minimum absolute atomic E-state index is 0.169. The van der Waals surface area contributed by atoms with Crippen molar-refractivity contribution in [1.29, 1.82) is 0 Å². The van der Waals surface area contributed by atoms with Crippen LogP contribution in [-0.2, 0) is 4.79 Å². The molecular weight excluding hydrogens is 232 g/mol. The van der Waals surface area contributed by atoms with E-state index in [0.717, 1.165) is 4.90 Å². The molecule has 0 aliphatic heterocycles. The number of carbonyl (C=O) groups excluding carboxylic acids is 1. The van der Waals surface area contributed by atoms with Crippen LogP contribution < -0.4 is 0 Å². The molecule has 1 aliphatic rings.